The summed E-state index contributed by atoms with van der Waals surface area (Å²) in [6.07, 6.45) is 0. The Kier molecular flexibility index (Phi) is 6.34. The number of thioether (sulfide) groups is 1. The maximum Gasteiger partial charge on any atom is 0.262 e. The molecule has 1 unspecified atom stereocenters. The van der Waals surface area contributed by atoms with Crippen LogP contribution in [0.3, 0.4) is 0 Å². The first-order valence-corrected chi connectivity index (χ1v) is 10.4. The average molecular weight is 446 g/mol. The Bertz CT molecular complexity index is 1020. The van der Waals surface area contributed by atoms with E-state index in [1.165, 1.54) is 11.8 Å². The van der Waals surface area contributed by atoms with E-state index in [2.05, 4.69) is 26.2 Å². The van der Waals surface area contributed by atoms with E-state index in [1.807, 2.05) is 56.3 Å². The smallest absolute Gasteiger partial charge is 0.262 e. The summed E-state index contributed by atoms with van der Waals surface area (Å²) in [7, 11) is 0. The minimum absolute atomic E-state index is 0.0745. The van der Waals surface area contributed by atoms with Crippen molar-refractivity contribution >= 4 is 44.5 Å². The topological polar surface area (TPSA) is 64.0 Å². The van der Waals surface area contributed by atoms with E-state index >= 15 is 0 Å². The molecule has 3 aromatic rings. The molecule has 0 spiro atoms. The second kappa shape index (κ2) is 8.71. The summed E-state index contributed by atoms with van der Waals surface area (Å²) >= 11 is 4.67. The van der Waals surface area contributed by atoms with Crippen molar-refractivity contribution in [2.75, 3.05) is 5.75 Å². The highest BCUT2D eigenvalue weighted by Crippen LogP contribution is 2.21. The van der Waals surface area contributed by atoms with E-state index in [0.29, 0.717) is 22.6 Å². The zero-order valence-corrected chi connectivity index (χ0v) is 17.5. The molecular formula is C20H20BrN3O2S. The fourth-order valence-corrected chi connectivity index (χ4v) is 4.04. The van der Waals surface area contributed by atoms with E-state index in [1.54, 1.807) is 10.6 Å². The van der Waals surface area contributed by atoms with Gasteiger partial charge in [0, 0.05) is 11.0 Å². The molecule has 2 aromatic carbocycles. The number of hydrogen-bond acceptors (Lipinski definition) is 4. The van der Waals surface area contributed by atoms with Gasteiger partial charge >= 0.3 is 0 Å². The molecule has 27 heavy (non-hydrogen) atoms. The number of fused-ring (bicyclic) bond motifs is 1. The summed E-state index contributed by atoms with van der Waals surface area (Å²) in [5.41, 5.74) is 1.59. The molecule has 0 aliphatic heterocycles. The van der Waals surface area contributed by atoms with Crippen molar-refractivity contribution in [3.63, 3.8) is 0 Å². The summed E-state index contributed by atoms with van der Waals surface area (Å²) in [5, 5.41) is 4.10. The molecule has 0 saturated carbocycles. The fraction of sp³-hybridized carbons (Fsp3) is 0.250. The first-order chi connectivity index (χ1) is 13.0. The number of hydrogen-bond donors (Lipinski definition) is 1. The van der Waals surface area contributed by atoms with Crippen LogP contribution in [0.25, 0.3) is 10.9 Å². The number of halogens is 1. The van der Waals surface area contributed by atoms with E-state index in [0.717, 1.165) is 10.0 Å². The van der Waals surface area contributed by atoms with Gasteiger partial charge in [-0.2, -0.15) is 0 Å². The zero-order chi connectivity index (χ0) is 19.4. The number of nitrogens with one attached hydrogen (secondary N) is 1. The van der Waals surface area contributed by atoms with Gasteiger partial charge in [0.25, 0.3) is 5.56 Å². The van der Waals surface area contributed by atoms with Crippen molar-refractivity contribution in [2.45, 2.75) is 31.6 Å². The van der Waals surface area contributed by atoms with Crippen LogP contribution in [0.4, 0.5) is 0 Å². The van der Waals surface area contributed by atoms with Gasteiger partial charge in [-0.05, 0) is 37.6 Å². The highest BCUT2D eigenvalue weighted by atomic mass is 79.9. The summed E-state index contributed by atoms with van der Waals surface area (Å²) in [5.74, 6) is 0.107. The summed E-state index contributed by atoms with van der Waals surface area (Å²) in [6, 6.07) is 15.2. The number of nitrogens with zero attached hydrogens (tertiary/aromatic N) is 2. The molecule has 1 heterocycles. The highest BCUT2D eigenvalue weighted by Gasteiger charge is 2.14. The molecule has 1 atom stereocenters. The third-order valence-corrected chi connectivity index (χ3v) is 5.68. The van der Waals surface area contributed by atoms with Gasteiger partial charge in [-0.15, -0.1) is 0 Å². The maximum atomic E-state index is 12.7. The normalized spacial score (nSPS) is 12.1. The van der Waals surface area contributed by atoms with Crippen LogP contribution < -0.4 is 10.9 Å². The number of carbonyl (C=O) groups excluding carboxylic acids is 1. The number of rotatable bonds is 6. The van der Waals surface area contributed by atoms with Crippen LogP contribution in [0.2, 0.25) is 0 Å². The van der Waals surface area contributed by atoms with Crippen LogP contribution in [-0.2, 0) is 11.3 Å². The molecule has 0 bridgehead atoms. The van der Waals surface area contributed by atoms with Crippen molar-refractivity contribution in [2.24, 2.45) is 0 Å². The fourth-order valence-electron chi connectivity index (χ4n) is 2.80. The minimum atomic E-state index is -0.0934. The first-order valence-electron chi connectivity index (χ1n) is 8.66. The van der Waals surface area contributed by atoms with Gasteiger partial charge < -0.3 is 5.32 Å². The molecule has 0 aliphatic carbocycles. The molecule has 1 N–H and O–H groups in total. The molecule has 3 rings (SSSR count). The van der Waals surface area contributed by atoms with E-state index in [9.17, 15) is 9.59 Å². The van der Waals surface area contributed by atoms with Gasteiger partial charge in [0.1, 0.15) is 0 Å². The number of benzene rings is 2. The van der Waals surface area contributed by atoms with Crippen molar-refractivity contribution < 1.29 is 4.79 Å². The van der Waals surface area contributed by atoms with Gasteiger partial charge in [0.05, 0.1) is 22.7 Å². The molecule has 0 fully saturated rings. The lowest BCUT2D eigenvalue weighted by Gasteiger charge is -2.15. The van der Waals surface area contributed by atoms with Crippen molar-refractivity contribution in [3.05, 3.63) is 68.9 Å². The summed E-state index contributed by atoms with van der Waals surface area (Å²) in [6.45, 7) is 4.35. The lowest BCUT2D eigenvalue weighted by molar-refractivity contribution is -0.119. The summed E-state index contributed by atoms with van der Waals surface area (Å²) < 4.78 is 2.44. The van der Waals surface area contributed by atoms with Gasteiger partial charge in [-0.3, -0.25) is 14.2 Å². The van der Waals surface area contributed by atoms with Crippen molar-refractivity contribution in [1.82, 2.24) is 14.9 Å². The Morgan fingerprint density at radius 1 is 1.26 bits per heavy atom. The molecule has 1 aromatic heterocycles. The van der Waals surface area contributed by atoms with Crippen molar-refractivity contribution in [1.29, 1.82) is 0 Å². The molecule has 0 radical (unpaired) electrons. The van der Waals surface area contributed by atoms with E-state index in [4.69, 9.17) is 0 Å². The Morgan fingerprint density at radius 3 is 2.70 bits per heavy atom. The molecule has 1 amide bonds. The monoisotopic (exact) mass is 445 g/mol. The molecule has 5 nitrogen and oxygen atoms in total. The lowest BCUT2D eigenvalue weighted by Crippen LogP contribution is -2.29. The van der Waals surface area contributed by atoms with Crippen LogP contribution in [0.15, 0.2) is 63.0 Å². The van der Waals surface area contributed by atoms with Crippen molar-refractivity contribution in [3.8, 4) is 0 Å². The van der Waals surface area contributed by atoms with E-state index < -0.39 is 0 Å². The molecule has 7 heteroatoms. The number of carbonyl (C=O) groups is 1. The third kappa shape index (κ3) is 4.59. The Morgan fingerprint density at radius 2 is 2.00 bits per heavy atom. The Balaban J connectivity index is 1.75. The molecular weight excluding hydrogens is 426 g/mol. The lowest BCUT2D eigenvalue weighted by atomic mass is 10.1. The Labute approximate surface area is 170 Å². The SMILES string of the molecule is CCn1c(SCC(=O)NC(C)c2ccccc2)nc2ccc(Br)cc2c1=O. The predicted molar refractivity (Wildman–Crippen MR) is 113 cm³/mol. The van der Waals surface area contributed by atoms with E-state index in [-0.39, 0.29) is 23.3 Å². The number of amides is 1. The largest absolute Gasteiger partial charge is 0.349 e. The van der Waals surface area contributed by atoms with Gasteiger partial charge in [-0.25, -0.2) is 4.98 Å². The number of aromatic nitrogens is 2. The Hall–Kier alpha value is -2.12. The van der Waals surface area contributed by atoms with Crippen LogP contribution in [0.5, 0.6) is 0 Å². The van der Waals surface area contributed by atoms with Gasteiger partial charge in [0.15, 0.2) is 5.16 Å². The van der Waals surface area contributed by atoms with Gasteiger partial charge in [-0.1, -0.05) is 58.0 Å². The summed E-state index contributed by atoms with van der Waals surface area (Å²) in [4.78, 5) is 29.7. The predicted octanol–water partition coefficient (Wildman–Crippen LogP) is 4.15. The van der Waals surface area contributed by atoms with Gasteiger partial charge in [0.2, 0.25) is 5.91 Å². The van der Waals surface area contributed by atoms with Crippen LogP contribution in [0, 0.1) is 0 Å². The standard InChI is InChI=1S/C20H20BrN3O2S/c1-3-24-19(26)16-11-15(21)9-10-17(16)23-20(24)27-12-18(25)22-13(2)14-7-5-4-6-8-14/h4-11,13H,3,12H2,1-2H3,(H,22,25). The second-order valence-corrected chi connectivity index (χ2v) is 7.95. The molecule has 140 valence electrons. The highest BCUT2D eigenvalue weighted by molar-refractivity contribution is 9.10. The average Bonchev–Trinajstić information content (AvgIpc) is 2.67. The quantitative estimate of drug-likeness (QED) is 0.457. The maximum absolute atomic E-state index is 12.7. The third-order valence-electron chi connectivity index (χ3n) is 4.21. The minimum Gasteiger partial charge on any atom is -0.349 e. The second-order valence-electron chi connectivity index (χ2n) is 6.09. The zero-order valence-electron chi connectivity index (χ0n) is 15.1. The first kappa shape index (κ1) is 19.6. The van der Waals surface area contributed by atoms with Crippen LogP contribution >= 0.6 is 27.7 Å². The van der Waals surface area contributed by atoms with Crippen LogP contribution in [0.1, 0.15) is 25.5 Å². The van der Waals surface area contributed by atoms with Crippen LogP contribution in [-0.4, -0.2) is 21.2 Å². The molecule has 0 saturated heterocycles. The molecule has 0 aliphatic rings.